The first-order chi connectivity index (χ1) is 16.9. The van der Waals surface area contributed by atoms with E-state index in [-0.39, 0.29) is 8.76 Å². The summed E-state index contributed by atoms with van der Waals surface area (Å²) in [7, 11) is 5.34. The number of aryl methyl sites for hydroxylation is 3. The third-order valence-corrected chi connectivity index (χ3v) is 6.00. The minimum absolute atomic E-state index is 0. The van der Waals surface area contributed by atoms with Gasteiger partial charge in [-0.2, -0.15) is 10.2 Å². The van der Waals surface area contributed by atoms with Crippen LogP contribution in [0.4, 0.5) is 5.69 Å². The van der Waals surface area contributed by atoms with Crippen molar-refractivity contribution in [3.05, 3.63) is 67.3 Å². The summed E-state index contributed by atoms with van der Waals surface area (Å²) in [5.74, 6) is 0.393. The van der Waals surface area contributed by atoms with Crippen LogP contribution in [0.3, 0.4) is 0 Å². The number of benzene rings is 1. The number of aromatic nitrogens is 6. The first-order valence-electron chi connectivity index (χ1n) is 11.0. The minimum atomic E-state index is -0.260. The molecule has 4 aromatic heterocycles. The molecular weight excluding hydrogens is 442 g/mol. The SMILES string of the molecule is C=CC(=O)Nc1cc(-c2c(-c3cnn(C)c3)[nH]c3ncc(-c4cnn(C)c4OC)cc23)ccc1C.[HH].[HH]. The van der Waals surface area contributed by atoms with Gasteiger partial charge >= 0.3 is 0 Å². The molecule has 0 saturated carbocycles. The Morgan fingerprint density at radius 3 is 2.69 bits per heavy atom. The number of methoxy groups -OCH3 is 1. The van der Waals surface area contributed by atoms with Gasteiger partial charge in [0.2, 0.25) is 11.8 Å². The number of nitrogens with zero attached hydrogens (tertiary/aromatic N) is 5. The highest BCUT2D eigenvalue weighted by Crippen LogP contribution is 2.41. The normalized spacial score (nSPS) is 11.1. The van der Waals surface area contributed by atoms with Crippen molar-refractivity contribution in [2.45, 2.75) is 6.92 Å². The van der Waals surface area contributed by atoms with Crippen LogP contribution in [0, 0.1) is 6.92 Å². The lowest BCUT2D eigenvalue weighted by atomic mass is 9.97. The number of nitrogens with one attached hydrogen (secondary N) is 2. The van der Waals surface area contributed by atoms with E-state index in [1.54, 1.807) is 28.9 Å². The Morgan fingerprint density at radius 1 is 1.14 bits per heavy atom. The summed E-state index contributed by atoms with van der Waals surface area (Å²) in [6.07, 6.45) is 8.60. The van der Waals surface area contributed by atoms with Gasteiger partial charge in [0.05, 0.1) is 30.8 Å². The van der Waals surface area contributed by atoms with Crippen molar-refractivity contribution >= 4 is 22.6 Å². The zero-order valence-electron chi connectivity index (χ0n) is 20.0. The standard InChI is InChI=1S/C26H25N7O2.2H2/c1-6-22(34)30-21-10-16(8-7-15(21)2)23-19-9-17(20-13-29-33(4)26(20)35-5)11-27-25(19)31-24(23)18-12-28-32(3)14-18;;/h6-14H,1H2,2-5H3,(H,27,31)(H,30,34);2*1H. The number of fused-ring (bicyclic) bond motifs is 1. The maximum absolute atomic E-state index is 12.0. The third kappa shape index (κ3) is 3.86. The summed E-state index contributed by atoms with van der Waals surface area (Å²) >= 11 is 0. The molecule has 4 heterocycles. The molecule has 0 unspecified atom stereocenters. The molecule has 0 bridgehead atoms. The number of anilines is 1. The molecule has 0 radical (unpaired) electrons. The van der Waals surface area contributed by atoms with Gasteiger partial charge in [-0.05, 0) is 36.3 Å². The van der Waals surface area contributed by atoms with Crippen LogP contribution in [0.2, 0.25) is 0 Å². The molecule has 5 rings (SSSR count). The van der Waals surface area contributed by atoms with Crippen LogP contribution in [0.15, 0.2) is 61.7 Å². The lowest BCUT2D eigenvalue weighted by molar-refractivity contribution is -0.111. The molecule has 0 aliphatic heterocycles. The van der Waals surface area contributed by atoms with E-state index in [1.807, 2.05) is 51.6 Å². The second-order valence-corrected chi connectivity index (χ2v) is 8.31. The maximum Gasteiger partial charge on any atom is 0.247 e. The molecule has 1 amide bonds. The molecule has 0 atom stereocenters. The van der Waals surface area contributed by atoms with Crippen LogP contribution in [-0.2, 0) is 18.9 Å². The molecule has 1 aromatic carbocycles. The molecule has 9 heteroatoms. The zero-order valence-corrected chi connectivity index (χ0v) is 20.0. The van der Waals surface area contributed by atoms with E-state index in [4.69, 9.17) is 9.72 Å². The number of aromatic amines is 1. The first kappa shape index (κ1) is 22.1. The van der Waals surface area contributed by atoms with Crippen molar-refractivity contribution in [1.82, 2.24) is 29.5 Å². The first-order valence-corrected chi connectivity index (χ1v) is 11.0. The molecule has 180 valence electrons. The Kier molecular flexibility index (Phi) is 5.44. The Bertz CT molecular complexity index is 1600. The summed E-state index contributed by atoms with van der Waals surface area (Å²) in [4.78, 5) is 20.2. The maximum atomic E-state index is 12.0. The summed E-state index contributed by atoms with van der Waals surface area (Å²) in [5.41, 5.74) is 7.84. The Balaban J connectivity index is 0.00000190. The number of ether oxygens (including phenoxy) is 1. The molecule has 5 aromatic rings. The van der Waals surface area contributed by atoms with E-state index in [9.17, 15) is 4.79 Å². The molecule has 2 N–H and O–H groups in total. The summed E-state index contributed by atoms with van der Waals surface area (Å²) < 4.78 is 9.00. The monoisotopic (exact) mass is 471 g/mol. The van der Waals surface area contributed by atoms with Crippen LogP contribution in [0.25, 0.3) is 44.5 Å². The van der Waals surface area contributed by atoms with E-state index in [0.29, 0.717) is 5.88 Å². The van der Waals surface area contributed by atoms with Gasteiger partial charge in [0.15, 0.2) is 0 Å². The van der Waals surface area contributed by atoms with Crippen LogP contribution in [-0.4, -0.2) is 42.5 Å². The number of carbonyl (C=O) groups excluding carboxylic acids is 1. The van der Waals surface area contributed by atoms with E-state index >= 15 is 0 Å². The lowest BCUT2D eigenvalue weighted by Crippen LogP contribution is -2.08. The number of pyridine rings is 1. The van der Waals surface area contributed by atoms with Gasteiger partial charge in [-0.15, -0.1) is 0 Å². The average molecular weight is 472 g/mol. The van der Waals surface area contributed by atoms with Crippen LogP contribution in [0.1, 0.15) is 8.42 Å². The van der Waals surface area contributed by atoms with Gasteiger partial charge in [-0.3, -0.25) is 9.48 Å². The van der Waals surface area contributed by atoms with Crippen molar-refractivity contribution in [1.29, 1.82) is 0 Å². The second kappa shape index (κ2) is 8.60. The highest BCUT2D eigenvalue weighted by Gasteiger charge is 2.20. The number of H-pyrrole nitrogens is 1. The topological polar surface area (TPSA) is 103 Å². The number of rotatable bonds is 6. The fraction of sp³-hybridized carbons (Fsp3) is 0.154. The molecule has 9 nitrogen and oxygen atoms in total. The van der Waals surface area contributed by atoms with Gasteiger partial charge in [-0.1, -0.05) is 18.7 Å². The lowest BCUT2D eigenvalue weighted by Gasteiger charge is -2.11. The molecule has 0 aliphatic carbocycles. The highest BCUT2D eigenvalue weighted by atomic mass is 16.5. The Morgan fingerprint density at radius 2 is 1.97 bits per heavy atom. The minimum Gasteiger partial charge on any atom is -0.481 e. The van der Waals surface area contributed by atoms with Gasteiger partial charge < -0.3 is 15.0 Å². The predicted octanol–water partition coefficient (Wildman–Crippen LogP) is 4.96. The van der Waals surface area contributed by atoms with Gasteiger partial charge in [0.25, 0.3) is 0 Å². The van der Waals surface area contributed by atoms with Crippen LogP contribution < -0.4 is 10.1 Å². The van der Waals surface area contributed by atoms with Crippen molar-refractivity contribution < 1.29 is 12.4 Å². The number of hydrogen-bond acceptors (Lipinski definition) is 5. The summed E-state index contributed by atoms with van der Waals surface area (Å²) in [5, 5.41) is 12.5. The zero-order chi connectivity index (χ0) is 24.7. The second-order valence-electron chi connectivity index (χ2n) is 8.31. The third-order valence-electron chi connectivity index (χ3n) is 6.00. The van der Waals surface area contributed by atoms with Crippen molar-refractivity contribution in [2.24, 2.45) is 14.1 Å². The van der Waals surface area contributed by atoms with Crippen LogP contribution >= 0.6 is 0 Å². The molecule has 35 heavy (non-hydrogen) atoms. The number of amides is 1. The highest BCUT2D eigenvalue weighted by molar-refractivity contribution is 6.05. The summed E-state index contributed by atoms with van der Waals surface area (Å²) in [6, 6.07) is 8.08. The fourth-order valence-corrected chi connectivity index (χ4v) is 4.25. The van der Waals surface area contributed by atoms with Gasteiger partial charge in [0, 0.05) is 57.1 Å². The summed E-state index contributed by atoms with van der Waals surface area (Å²) in [6.45, 7) is 5.51. The average Bonchev–Trinajstić information content (AvgIpc) is 3.56. The quantitative estimate of drug-likeness (QED) is 0.341. The molecule has 0 fully saturated rings. The largest absolute Gasteiger partial charge is 0.481 e. The van der Waals surface area contributed by atoms with Gasteiger partial charge in [0.1, 0.15) is 5.65 Å². The van der Waals surface area contributed by atoms with Crippen molar-refractivity contribution in [3.63, 3.8) is 0 Å². The van der Waals surface area contributed by atoms with E-state index in [2.05, 4.69) is 33.1 Å². The van der Waals surface area contributed by atoms with E-state index in [0.717, 1.165) is 55.8 Å². The van der Waals surface area contributed by atoms with E-state index < -0.39 is 0 Å². The molecule has 0 spiro atoms. The number of carbonyl (C=O) groups is 1. The van der Waals surface area contributed by atoms with Crippen LogP contribution in [0.5, 0.6) is 5.88 Å². The van der Waals surface area contributed by atoms with E-state index in [1.165, 1.54) is 6.08 Å². The smallest absolute Gasteiger partial charge is 0.247 e. The predicted molar refractivity (Wildman–Crippen MR) is 140 cm³/mol. The number of hydrogen-bond donors (Lipinski definition) is 2. The van der Waals surface area contributed by atoms with Crippen molar-refractivity contribution in [3.8, 4) is 39.4 Å². The van der Waals surface area contributed by atoms with Crippen molar-refractivity contribution in [2.75, 3.05) is 12.4 Å². The van der Waals surface area contributed by atoms with Gasteiger partial charge in [-0.25, -0.2) is 9.67 Å². The molecule has 0 saturated heterocycles. The fourth-order valence-electron chi connectivity index (χ4n) is 4.25. The molecule has 0 aliphatic rings. The Hall–Kier alpha value is -4.66. The molecular formula is C26H29N7O2. The Labute approximate surface area is 205 Å².